The zero-order valence-electron chi connectivity index (χ0n) is 14.4. The van der Waals surface area contributed by atoms with Crippen LogP contribution in [-0.4, -0.2) is 31.1 Å². The molecule has 22 heavy (non-hydrogen) atoms. The monoisotopic (exact) mass is 316 g/mol. The van der Waals surface area contributed by atoms with Crippen LogP contribution in [0.25, 0.3) is 0 Å². The fourth-order valence-electron chi connectivity index (χ4n) is 2.94. The van der Waals surface area contributed by atoms with Crippen LogP contribution >= 0.6 is 11.8 Å². The summed E-state index contributed by atoms with van der Waals surface area (Å²) >= 11 is 1.79. The summed E-state index contributed by atoms with van der Waals surface area (Å²) in [4.78, 5) is 7.41. The van der Waals surface area contributed by atoms with Gasteiger partial charge in [0.05, 0.1) is 11.4 Å². The van der Waals surface area contributed by atoms with Crippen LogP contribution < -0.4 is 4.90 Å². The maximum atomic E-state index is 4.26. The maximum absolute atomic E-state index is 4.26. The largest absolute Gasteiger partial charge is 0.340 e. The molecule has 1 aromatic rings. The number of aryl methyl sites for hydroxylation is 1. The molecule has 0 radical (unpaired) electrons. The molecule has 0 amide bonds. The summed E-state index contributed by atoms with van der Waals surface area (Å²) < 4.78 is 0. The number of allylic oxidation sites excluding steroid dienone is 1. The lowest BCUT2D eigenvalue weighted by atomic mass is 10.1. The van der Waals surface area contributed by atoms with Crippen molar-refractivity contribution < 1.29 is 0 Å². The molecule has 0 saturated heterocycles. The molecule has 0 bridgehead atoms. The maximum Gasteiger partial charge on any atom is 0.0555 e. The Bertz CT molecular complexity index is 559. The molecule has 0 aliphatic carbocycles. The lowest BCUT2D eigenvalue weighted by Crippen LogP contribution is -2.31. The third-order valence-electron chi connectivity index (χ3n) is 4.24. The van der Waals surface area contributed by atoms with Gasteiger partial charge in [0, 0.05) is 16.3 Å². The van der Waals surface area contributed by atoms with Crippen LogP contribution in [0.1, 0.15) is 32.8 Å². The molecule has 2 nitrogen and oxygen atoms in total. The van der Waals surface area contributed by atoms with E-state index in [1.165, 1.54) is 28.3 Å². The molecule has 1 aliphatic heterocycles. The smallest absolute Gasteiger partial charge is 0.0555 e. The van der Waals surface area contributed by atoms with Gasteiger partial charge in [-0.25, -0.2) is 0 Å². The molecule has 0 saturated carbocycles. The first kappa shape index (κ1) is 17.2. The summed E-state index contributed by atoms with van der Waals surface area (Å²) in [6.07, 6.45) is 3.36. The summed E-state index contributed by atoms with van der Waals surface area (Å²) in [5, 5.41) is 0. The van der Waals surface area contributed by atoms with Gasteiger partial charge >= 0.3 is 0 Å². The van der Waals surface area contributed by atoms with Gasteiger partial charge in [-0.1, -0.05) is 44.3 Å². The molecule has 120 valence electrons. The first-order valence-electron chi connectivity index (χ1n) is 8.24. The van der Waals surface area contributed by atoms with Crippen molar-refractivity contribution in [2.24, 2.45) is 0 Å². The Morgan fingerprint density at radius 2 is 2.00 bits per heavy atom. The van der Waals surface area contributed by atoms with Crippen LogP contribution in [0, 0.1) is 6.92 Å². The Labute approximate surface area is 139 Å². The third-order valence-corrected chi connectivity index (χ3v) is 5.26. The zero-order chi connectivity index (χ0) is 16.1. The average molecular weight is 317 g/mol. The first-order valence-corrected chi connectivity index (χ1v) is 9.06. The molecule has 0 atom stereocenters. The highest BCUT2D eigenvalue weighted by atomic mass is 32.2. The summed E-state index contributed by atoms with van der Waals surface area (Å²) in [6, 6.07) is 6.72. The Kier molecular flexibility index (Phi) is 6.16. The number of thioether (sulfide) groups is 1. The van der Waals surface area contributed by atoms with Crippen LogP contribution in [0.2, 0.25) is 0 Å². The molecular weight excluding hydrogens is 288 g/mol. The molecule has 0 aromatic heterocycles. The number of fused-ring (bicyclic) bond motifs is 1. The molecule has 1 aliphatic rings. The molecule has 0 unspecified atom stereocenters. The first-order chi connectivity index (χ1) is 10.6. The zero-order valence-corrected chi connectivity index (χ0v) is 15.2. The van der Waals surface area contributed by atoms with Crippen molar-refractivity contribution in [1.82, 2.24) is 4.90 Å². The number of hydrogen-bond acceptors (Lipinski definition) is 3. The summed E-state index contributed by atoms with van der Waals surface area (Å²) in [5.74, 6) is 0. The normalized spacial score (nSPS) is 16.5. The highest BCUT2D eigenvalue weighted by Crippen LogP contribution is 2.45. The SMILES string of the molecule is C=C1Sc2ccc(C)cc2N(CCCN(CC)CC)C1=CC. The number of nitrogens with zero attached hydrogens (tertiary/aromatic N) is 2. The van der Waals surface area contributed by atoms with Crippen molar-refractivity contribution in [3.05, 3.63) is 47.0 Å². The highest BCUT2D eigenvalue weighted by Gasteiger charge is 2.24. The minimum absolute atomic E-state index is 1.05. The van der Waals surface area contributed by atoms with Crippen LogP contribution in [0.4, 0.5) is 5.69 Å². The quantitative estimate of drug-likeness (QED) is 0.724. The van der Waals surface area contributed by atoms with Gasteiger partial charge in [-0.05, 0) is 57.6 Å². The molecule has 0 spiro atoms. The van der Waals surface area contributed by atoms with Crippen LogP contribution in [0.15, 0.2) is 46.4 Å². The van der Waals surface area contributed by atoms with Crippen molar-refractivity contribution in [1.29, 1.82) is 0 Å². The molecule has 0 N–H and O–H groups in total. The van der Waals surface area contributed by atoms with Crippen molar-refractivity contribution >= 4 is 17.4 Å². The second kappa shape index (κ2) is 7.89. The predicted octanol–water partition coefficient (Wildman–Crippen LogP) is 5.06. The van der Waals surface area contributed by atoms with E-state index in [0.717, 1.165) is 31.1 Å². The van der Waals surface area contributed by atoms with E-state index in [2.05, 4.69) is 68.3 Å². The van der Waals surface area contributed by atoms with E-state index in [0.29, 0.717) is 0 Å². The second-order valence-corrected chi connectivity index (χ2v) is 6.84. The summed E-state index contributed by atoms with van der Waals surface area (Å²) in [5.41, 5.74) is 3.92. The Balaban J connectivity index is 2.19. The van der Waals surface area contributed by atoms with Gasteiger partial charge in [-0.3, -0.25) is 0 Å². The number of hydrogen-bond donors (Lipinski definition) is 0. The fourth-order valence-corrected chi connectivity index (χ4v) is 3.95. The standard InChI is InChI=1S/C19H28N2S/c1-6-17-16(5)22-19-11-10-15(4)14-18(19)21(17)13-9-12-20(7-2)8-3/h6,10-11,14H,5,7-9,12-13H2,1-4H3. The summed E-state index contributed by atoms with van der Waals surface area (Å²) in [7, 11) is 0. The second-order valence-electron chi connectivity index (χ2n) is 5.70. The lowest BCUT2D eigenvalue weighted by Gasteiger charge is -2.35. The fraction of sp³-hybridized carbons (Fsp3) is 0.474. The number of rotatable bonds is 6. The number of benzene rings is 1. The van der Waals surface area contributed by atoms with E-state index in [4.69, 9.17) is 0 Å². The van der Waals surface area contributed by atoms with E-state index in [1.54, 1.807) is 11.8 Å². The van der Waals surface area contributed by atoms with Gasteiger partial charge < -0.3 is 9.80 Å². The van der Waals surface area contributed by atoms with Crippen molar-refractivity contribution in [3.8, 4) is 0 Å². The van der Waals surface area contributed by atoms with Crippen LogP contribution in [-0.2, 0) is 0 Å². The minimum Gasteiger partial charge on any atom is -0.340 e. The van der Waals surface area contributed by atoms with Gasteiger partial charge in [0.25, 0.3) is 0 Å². The highest BCUT2D eigenvalue weighted by molar-refractivity contribution is 8.03. The third kappa shape index (κ3) is 3.76. The van der Waals surface area contributed by atoms with Crippen molar-refractivity contribution in [2.75, 3.05) is 31.1 Å². The average Bonchev–Trinajstić information content (AvgIpc) is 2.52. The Morgan fingerprint density at radius 1 is 1.27 bits per heavy atom. The number of anilines is 1. The van der Waals surface area contributed by atoms with E-state index in [9.17, 15) is 0 Å². The van der Waals surface area contributed by atoms with Crippen molar-refractivity contribution in [3.63, 3.8) is 0 Å². The molecule has 3 heteroatoms. The molecule has 1 aromatic carbocycles. The van der Waals surface area contributed by atoms with E-state index in [1.807, 2.05) is 0 Å². The molecular formula is C19H28N2S. The molecule has 1 heterocycles. The molecule has 0 fully saturated rings. The Morgan fingerprint density at radius 3 is 2.64 bits per heavy atom. The Hall–Kier alpha value is -1.19. The topological polar surface area (TPSA) is 6.48 Å². The van der Waals surface area contributed by atoms with Crippen molar-refractivity contribution in [2.45, 2.75) is 39.0 Å². The predicted molar refractivity (Wildman–Crippen MR) is 99.7 cm³/mol. The summed E-state index contributed by atoms with van der Waals surface area (Å²) in [6.45, 7) is 17.5. The van der Waals surface area contributed by atoms with Gasteiger partial charge in [0.1, 0.15) is 0 Å². The van der Waals surface area contributed by atoms with Gasteiger partial charge in [-0.2, -0.15) is 0 Å². The minimum atomic E-state index is 1.05. The van der Waals surface area contributed by atoms with Crippen LogP contribution in [0.3, 0.4) is 0 Å². The van der Waals surface area contributed by atoms with Gasteiger partial charge in [-0.15, -0.1) is 0 Å². The van der Waals surface area contributed by atoms with Gasteiger partial charge in [0.2, 0.25) is 0 Å². The van der Waals surface area contributed by atoms with Gasteiger partial charge in [0.15, 0.2) is 0 Å². The van der Waals surface area contributed by atoms with Crippen LogP contribution in [0.5, 0.6) is 0 Å². The van der Waals surface area contributed by atoms with E-state index >= 15 is 0 Å². The molecule has 2 rings (SSSR count). The van der Waals surface area contributed by atoms with E-state index in [-0.39, 0.29) is 0 Å². The van der Waals surface area contributed by atoms with E-state index < -0.39 is 0 Å². The lowest BCUT2D eigenvalue weighted by molar-refractivity contribution is 0.301.